The van der Waals surface area contributed by atoms with E-state index in [9.17, 15) is 4.39 Å². The summed E-state index contributed by atoms with van der Waals surface area (Å²) in [7, 11) is 0. The van der Waals surface area contributed by atoms with E-state index >= 15 is 0 Å². The van der Waals surface area contributed by atoms with Crippen molar-refractivity contribution < 1.29 is 14.6 Å². The fourth-order valence-electron chi connectivity index (χ4n) is 1.41. The zero-order valence-electron chi connectivity index (χ0n) is 5.83. The van der Waals surface area contributed by atoms with Crippen molar-refractivity contribution in [2.24, 2.45) is 5.92 Å². The standard InChI is InChI=1S/C7H13FO2/c8-6-3-1-2-5(4-9)7(6)10/h5-7,9-10H,1-4H2/t5-,6-,7-/m0/s1. The molecule has 0 bridgehead atoms. The van der Waals surface area contributed by atoms with Crippen molar-refractivity contribution in [2.75, 3.05) is 6.61 Å². The molecule has 0 aromatic rings. The quantitative estimate of drug-likeness (QED) is 0.567. The third-order valence-electron chi connectivity index (χ3n) is 2.14. The number of alkyl halides is 1. The molecule has 0 amide bonds. The summed E-state index contributed by atoms with van der Waals surface area (Å²) in [5.74, 6) is -0.233. The van der Waals surface area contributed by atoms with Crippen LogP contribution in [0.25, 0.3) is 0 Å². The summed E-state index contributed by atoms with van der Waals surface area (Å²) in [4.78, 5) is 0. The van der Waals surface area contributed by atoms with Crippen LogP contribution in [0.1, 0.15) is 19.3 Å². The summed E-state index contributed by atoms with van der Waals surface area (Å²) in [5.41, 5.74) is 0. The molecule has 2 nitrogen and oxygen atoms in total. The lowest BCUT2D eigenvalue weighted by atomic mass is 9.86. The monoisotopic (exact) mass is 148 g/mol. The lowest BCUT2D eigenvalue weighted by molar-refractivity contribution is -0.0217. The molecule has 1 aliphatic rings. The van der Waals surface area contributed by atoms with Gasteiger partial charge in [0.2, 0.25) is 0 Å². The largest absolute Gasteiger partial charge is 0.396 e. The molecule has 0 aliphatic heterocycles. The molecule has 1 fully saturated rings. The van der Waals surface area contributed by atoms with Gasteiger partial charge in [-0.3, -0.25) is 0 Å². The van der Waals surface area contributed by atoms with E-state index in [1.807, 2.05) is 0 Å². The van der Waals surface area contributed by atoms with E-state index in [1.165, 1.54) is 0 Å². The average Bonchev–Trinajstić information content (AvgIpc) is 1.95. The Balaban J connectivity index is 2.42. The minimum Gasteiger partial charge on any atom is -0.396 e. The van der Waals surface area contributed by atoms with E-state index in [2.05, 4.69) is 0 Å². The van der Waals surface area contributed by atoms with Crippen LogP contribution in [0.2, 0.25) is 0 Å². The molecule has 0 spiro atoms. The highest BCUT2D eigenvalue weighted by molar-refractivity contribution is 4.80. The van der Waals surface area contributed by atoms with Crippen LogP contribution < -0.4 is 0 Å². The first-order valence-corrected chi connectivity index (χ1v) is 3.68. The molecule has 0 saturated heterocycles. The van der Waals surface area contributed by atoms with Crippen LogP contribution in [0, 0.1) is 5.92 Å². The maximum absolute atomic E-state index is 12.7. The molecule has 0 radical (unpaired) electrons. The van der Waals surface area contributed by atoms with Gasteiger partial charge in [0, 0.05) is 12.5 Å². The molecular formula is C7H13FO2. The van der Waals surface area contributed by atoms with Gasteiger partial charge in [0.25, 0.3) is 0 Å². The molecule has 0 unspecified atom stereocenters. The van der Waals surface area contributed by atoms with Crippen LogP contribution in [0.5, 0.6) is 0 Å². The summed E-state index contributed by atoms with van der Waals surface area (Å²) in [6, 6.07) is 0. The Kier molecular flexibility index (Phi) is 2.63. The third-order valence-corrected chi connectivity index (χ3v) is 2.14. The van der Waals surface area contributed by atoms with Crippen LogP contribution in [-0.4, -0.2) is 29.1 Å². The van der Waals surface area contributed by atoms with Crippen molar-refractivity contribution in [1.82, 2.24) is 0 Å². The predicted octanol–water partition coefficient (Wildman–Crippen LogP) is 0.478. The van der Waals surface area contributed by atoms with Gasteiger partial charge in [0.05, 0.1) is 6.10 Å². The van der Waals surface area contributed by atoms with Gasteiger partial charge in [-0.1, -0.05) is 0 Å². The molecule has 1 saturated carbocycles. The molecule has 3 heteroatoms. The summed E-state index contributed by atoms with van der Waals surface area (Å²) in [5, 5.41) is 17.8. The van der Waals surface area contributed by atoms with Gasteiger partial charge >= 0.3 is 0 Å². The van der Waals surface area contributed by atoms with Crippen LogP contribution in [0.15, 0.2) is 0 Å². The van der Waals surface area contributed by atoms with Gasteiger partial charge in [-0.25, -0.2) is 4.39 Å². The van der Waals surface area contributed by atoms with E-state index < -0.39 is 12.3 Å². The second-order valence-corrected chi connectivity index (χ2v) is 2.88. The second kappa shape index (κ2) is 3.30. The number of hydrogen-bond donors (Lipinski definition) is 2. The van der Waals surface area contributed by atoms with E-state index in [4.69, 9.17) is 10.2 Å². The van der Waals surface area contributed by atoms with Gasteiger partial charge in [-0.2, -0.15) is 0 Å². The molecule has 2 N–H and O–H groups in total. The van der Waals surface area contributed by atoms with Crippen molar-refractivity contribution in [1.29, 1.82) is 0 Å². The fraction of sp³-hybridized carbons (Fsp3) is 1.00. The molecule has 1 aliphatic carbocycles. The zero-order valence-corrected chi connectivity index (χ0v) is 5.83. The normalized spacial score (nSPS) is 41.7. The Labute approximate surface area is 59.7 Å². The Morgan fingerprint density at radius 2 is 2.10 bits per heavy atom. The van der Waals surface area contributed by atoms with E-state index in [1.54, 1.807) is 0 Å². The predicted molar refractivity (Wildman–Crippen MR) is 35.3 cm³/mol. The molecule has 0 aromatic carbocycles. The van der Waals surface area contributed by atoms with E-state index in [-0.39, 0.29) is 12.5 Å². The first-order valence-electron chi connectivity index (χ1n) is 3.68. The highest BCUT2D eigenvalue weighted by atomic mass is 19.1. The maximum atomic E-state index is 12.7. The highest BCUT2D eigenvalue weighted by Crippen LogP contribution is 2.26. The Hall–Kier alpha value is -0.150. The number of rotatable bonds is 1. The van der Waals surface area contributed by atoms with Gasteiger partial charge in [-0.15, -0.1) is 0 Å². The number of aliphatic hydroxyl groups is 2. The maximum Gasteiger partial charge on any atom is 0.126 e. The van der Waals surface area contributed by atoms with Crippen molar-refractivity contribution in [3.8, 4) is 0 Å². The van der Waals surface area contributed by atoms with Crippen LogP contribution in [-0.2, 0) is 0 Å². The molecule has 3 atom stereocenters. The molecule has 60 valence electrons. The van der Waals surface area contributed by atoms with Gasteiger partial charge in [0.1, 0.15) is 6.17 Å². The zero-order chi connectivity index (χ0) is 7.56. The second-order valence-electron chi connectivity index (χ2n) is 2.88. The van der Waals surface area contributed by atoms with Crippen LogP contribution in [0.3, 0.4) is 0 Å². The molecule has 10 heavy (non-hydrogen) atoms. The Morgan fingerprint density at radius 1 is 1.40 bits per heavy atom. The van der Waals surface area contributed by atoms with E-state index in [0.717, 1.165) is 12.8 Å². The van der Waals surface area contributed by atoms with Crippen LogP contribution >= 0.6 is 0 Å². The first kappa shape index (κ1) is 7.95. The van der Waals surface area contributed by atoms with Crippen molar-refractivity contribution in [3.63, 3.8) is 0 Å². The summed E-state index contributed by atoms with van der Waals surface area (Å²) >= 11 is 0. The Morgan fingerprint density at radius 3 is 2.60 bits per heavy atom. The SMILES string of the molecule is OC[C@@H]1CCC[C@H](F)[C@H]1O. The van der Waals surface area contributed by atoms with E-state index in [0.29, 0.717) is 6.42 Å². The highest BCUT2D eigenvalue weighted by Gasteiger charge is 2.30. The smallest absolute Gasteiger partial charge is 0.126 e. The average molecular weight is 148 g/mol. The van der Waals surface area contributed by atoms with Crippen molar-refractivity contribution in [3.05, 3.63) is 0 Å². The third kappa shape index (κ3) is 1.47. The first-order chi connectivity index (χ1) is 4.75. The van der Waals surface area contributed by atoms with Crippen molar-refractivity contribution in [2.45, 2.75) is 31.5 Å². The topological polar surface area (TPSA) is 40.5 Å². The molecule has 0 heterocycles. The van der Waals surface area contributed by atoms with Crippen LogP contribution in [0.4, 0.5) is 4.39 Å². The lowest BCUT2D eigenvalue weighted by Crippen LogP contribution is -2.36. The lowest BCUT2D eigenvalue weighted by Gasteiger charge is -2.28. The minimum atomic E-state index is -1.12. The van der Waals surface area contributed by atoms with Gasteiger partial charge < -0.3 is 10.2 Å². The Bertz CT molecular complexity index is 108. The number of aliphatic hydroxyl groups excluding tert-OH is 2. The number of halogens is 1. The summed E-state index contributed by atoms with van der Waals surface area (Å²) in [6.07, 6.45) is -0.0798. The molecule has 0 aromatic heterocycles. The minimum absolute atomic E-state index is 0.0956. The summed E-state index contributed by atoms with van der Waals surface area (Å²) in [6.45, 7) is -0.0956. The molecular weight excluding hydrogens is 135 g/mol. The van der Waals surface area contributed by atoms with Crippen molar-refractivity contribution >= 4 is 0 Å². The van der Waals surface area contributed by atoms with Gasteiger partial charge in [0.15, 0.2) is 0 Å². The number of hydrogen-bond acceptors (Lipinski definition) is 2. The summed E-state index contributed by atoms with van der Waals surface area (Å²) < 4.78 is 12.7. The van der Waals surface area contributed by atoms with Gasteiger partial charge in [-0.05, 0) is 19.3 Å². The molecule has 1 rings (SSSR count). The fourth-order valence-corrected chi connectivity index (χ4v) is 1.41.